The smallest absolute Gasteiger partial charge is 0.360 e. The molecule has 2 rings (SSSR count). The molecule has 0 atom stereocenters. The van der Waals surface area contributed by atoms with Gasteiger partial charge in [0.15, 0.2) is 5.69 Å². The van der Waals surface area contributed by atoms with Gasteiger partial charge < -0.3 is 19.8 Å². The summed E-state index contributed by atoms with van der Waals surface area (Å²) < 4.78 is 11.7. The van der Waals surface area contributed by atoms with Gasteiger partial charge in [-0.3, -0.25) is 0 Å². The number of carbonyl (C=O) groups excluding carboxylic acids is 1. The van der Waals surface area contributed by atoms with Gasteiger partial charge in [0.1, 0.15) is 17.4 Å². The van der Waals surface area contributed by atoms with Crippen molar-refractivity contribution in [3.63, 3.8) is 0 Å². The van der Waals surface area contributed by atoms with Gasteiger partial charge in [-0.15, -0.1) is 0 Å². The van der Waals surface area contributed by atoms with Crippen LogP contribution in [0.4, 0.5) is 5.82 Å². The molecule has 7 heteroatoms. The van der Waals surface area contributed by atoms with Gasteiger partial charge in [0.2, 0.25) is 0 Å². The number of methoxy groups -OCH3 is 2. The van der Waals surface area contributed by atoms with Crippen LogP contribution in [0.25, 0.3) is 0 Å². The van der Waals surface area contributed by atoms with E-state index in [2.05, 4.69) is 9.72 Å². The highest BCUT2D eigenvalue weighted by atomic mass is 35.5. The normalized spacial score (nSPS) is 10.5. The fourth-order valence-corrected chi connectivity index (χ4v) is 2.30. The number of imidazole rings is 1. The Morgan fingerprint density at radius 1 is 1.43 bits per heavy atom. The molecule has 0 spiro atoms. The molecule has 1 aromatic heterocycles. The first-order chi connectivity index (χ1) is 9.99. The molecule has 2 aromatic rings. The summed E-state index contributed by atoms with van der Waals surface area (Å²) in [4.78, 5) is 15.8. The zero-order valence-electron chi connectivity index (χ0n) is 12.0. The predicted molar refractivity (Wildman–Crippen MR) is 79.8 cm³/mol. The molecule has 0 bridgehead atoms. The molecule has 0 aliphatic heterocycles. The minimum atomic E-state index is -0.569. The van der Waals surface area contributed by atoms with E-state index in [4.69, 9.17) is 22.1 Å². The summed E-state index contributed by atoms with van der Waals surface area (Å²) in [5.74, 6) is 0.909. The third-order valence-corrected chi connectivity index (χ3v) is 3.54. The summed E-state index contributed by atoms with van der Waals surface area (Å²) in [6.07, 6.45) is 0. The van der Waals surface area contributed by atoms with E-state index in [1.54, 1.807) is 30.7 Å². The van der Waals surface area contributed by atoms with E-state index in [-0.39, 0.29) is 11.5 Å². The Hall–Kier alpha value is -2.21. The van der Waals surface area contributed by atoms with Crippen LogP contribution in [0.5, 0.6) is 5.75 Å². The quantitative estimate of drug-likeness (QED) is 0.876. The van der Waals surface area contributed by atoms with Crippen molar-refractivity contribution in [3.8, 4) is 5.75 Å². The largest absolute Gasteiger partial charge is 0.496 e. The molecule has 0 saturated heterocycles. The molecule has 0 fully saturated rings. The highest BCUT2D eigenvalue weighted by Crippen LogP contribution is 2.29. The number of hydrogen-bond acceptors (Lipinski definition) is 5. The van der Waals surface area contributed by atoms with Crippen molar-refractivity contribution < 1.29 is 14.3 Å². The number of anilines is 1. The third-order valence-electron chi connectivity index (χ3n) is 3.19. The second-order valence-corrected chi connectivity index (χ2v) is 4.80. The number of halogens is 1. The third kappa shape index (κ3) is 2.80. The number of nitrogen functional groups attached to an aromatic ring is 1. The van der Waals surface area contributed by atoms with Crippen LogP contribution in [0.15, 0.2) is 18.2 Å². The van der Waals surface area contributed by atoms with Crippen LogP contribution in [-0.4, -0.2) is 29.7 Å². The van der Waals surface area contributed by atoms with Gasteiger partial charge in [0.25, 0.3) is 0 Å². The van der Waals surface area contributed by atoms with Crippen molar-refractivity contribution in [2.75, 3.05) is 20.0 Å². The van der Waals surface area contributed by atoms with E-state index >= 15 is 0 Å². The number of aryl methyl sites for hydroxylation is 1. The SMILES string of the molecule is COC(=O)c1nc(C)n(Cc2c(Cl)cccc2OC)c1N. The molecule has 1 heterocycles. The maximum atomic E-state index is 11.6. The van der Waals surface area contributed by atoms with Gasteiger partial charge >= 0.3 is 5.97 Å². The molecule has 0 amide bonds. The van der Waals surface area contributed by atoms with E-state index in [9.17, 15) is 4.79 Å². The van der Waals surface area contributed by atoms with Crippen molar-refractivity contribution in [1.29, 1.82) is 0 Å². The Bertz CT molecular complexity index is 682. The first-order valence-electron chi connectivity index (χ1n) is 6.21. The van der Waals surface area contributed by atoms with E-state index < -0.39 is 5.97 Å². The zero-order chi connectivity index (χ0) is 15.6. The lowest BCUT2D eigenvalue weighted by Gasteiger charge is -2.13. The average molecular weight is 310 g/mol. The Morgan fingerprint density at radius 2 is 2.14 bits per heavy atom. The molecule has 0 aliphatic rings. The van der Waals surface area contributed by atoms with Crippen molar-refractivity contribution in [3.05, 3.63) is 40.3 Å². The zero-order valence-corrected chi connectivity index (χ0v) is 12.8. The van der Waals surface area contributed by atoms with E-state index in [0.717, 1.165) is 5.56 Å². The first-order valence-corrected chi connectivity index (χ1v) is 6.59. The minimum absolute atomic E-state index is 0.0982. The minimum Gasteiger partial charge on any atom is -0.496 e. The number of carbonyl (C=O) groups is 1. The Balaban J connectivity index is 2.46. The molecule has 6 nitrogen and oxygen atoms in total. The maximum Gasteiger partial charge on any atom is 0.360 e. The Kier molecular flexibility index (Phi) is 4.37. The van der Waals surface area contributed by atoms with Gasteiger partial charge in [0.05, 0.1) is 20.8 Å². The van der Waals surface area contributed by atoms with Crippen LogP contribution < -0.4 is 10.5 Å². The number of esters is 1. The molecular weight excluding hydrogens is 294 g/mol. The molecule has 0 saturated carbocycles. The van der Waals surface area contributed by atoms with Gasteiger partial charge in [-0.25, -0.2) is 9.78 Å². The summed E-state index contributed by atoms with van der Waals surface area (Å²) in [6.45, 7) is 2.11. The summed E-state index contributed by atoms with van der Waals surface area (Å²) in [7, 11) is 2.85. The van der Waals surface area contributed by atoms with Crippen LogP contribution in [0, 0.1) is 6.92 Å². The molecule has 0 unspecified atom stereocenters. The van der Waals surface area contributed by atoms with Crippen LogP contribution in [0.3, 0.4) is 0 Å². The summed E-state index contributed by atoms with van der Waals surface area (Å²) in [5, 5.41) is 0.557. The first kappa shape index (κ1) is 15.2. The predicted octanol–water partition coefficient (Wildman–Crippen LogP) is 2.27. The highest BCUT2D eigenvalue weighted by molar-refractivity contribution is 6.31. The van der Waals surface area contributed by atoms with Crippen LogP contribution in [0.2, 0.25) is 5.02 Å². The molecule has 21 heavy (non-hydrogen) atoms. The molecule has 0 aliphatic carbocycles. The molecule has 0 radical (unpaired) electrons. The van der Waals surface area contributed by atoms with Gasteiger partial charge in [-0.1, -0.05) is 17.7 Å². The van der Waals surface area contributed by atoms with Gasteiger partial charge in [-0.05, 0) is 19.1 Å². The van der Waals surface area contributed by atoms with Crippen LogP contribution >= 0.6 is 11.6 Å². The van der Waals surface area contributed by atoms with Crippen molar-refractivity contribution in [2.24, 2.45) is 0 Å². The standard InChI is InChI=1S/C14H16ClN3O3/c1-8-17-12(14(19)21-3)13(16)18(8)7-9-10(15)5-4-6-11(9)20-2/h4-6H,7,16H2,1-3H3. The lowest BCUT2D eigenvalue weighted by Crippen LogP contribution is -2.10. The number of hydrogen-bond donors (Lipinski definition) is 1. The lowest BCUT2D eigenvalue weighted by atomic mass is 10.2. The number of benzene rings is 1. The fourth-order valence-electron chi connectivity index (χ4n) is 2.07. The summed E-state index contributed by atoms with van der Waals surface area (Å²) >= 11 is 6.21. The van der Waals surface area contributed by atoms with E-state index in [1.165, 1.54) is 7.11 Å². The number of rotatable bonds is 4. The highest BCUT2D eigenvalue weighted by Gasteiger charge is 2.20. The van der Waals surface area contributed by atoms with E-state index in [0.29, 0.717) is 23.1 Å². The molecule has 112 valence electrons. The second-order valence-electron chi connectivity index (χ2n) is 4.39. The molecular formula is C14H16ClN3O3. The van der Waals surface area contributed by atoms with Crippen molar-refractivity contribution >= 4 is 23.4 Å². The van der Waals surface area contributed by atoms with Crippen LogP contribution in [0.1, 0.15) is 21.9 Å². The number of nitrogens with zero attached hydrogens (tertiary/aromatic N) is 2. The van der Waals surface area contributed by atoms with Crippen molar-refractivity contribution in [2.45, 2.75) is 13.5 Å². The summed E-state index contributed by atoms with van der Waals surface area (Å²) in [5.41, 5.74) is 6.85. The van der Waals surface area contributed by atoms with E-state index in [1.807, 2.05) is 6.07 Å². The molecule has 1 aromatic carbocycles. The number of aromatic nitrogens is 2. The number of nitrogens with two attached hydrogens (primary N) is 1. The average Bonchev–Trinajstić information content (AvgIpc) is 2.76. The summed E-state index contributed by atoms with van der Waals surface area (Å²) in [6, 6.07) is 5.38. The topological polar surface area (TPSA) is 79.4 Å². The van der Waals surface area contributed by atoms with Crippen molar-refractivity contribution in [1.82, 2.24) is 9.55 Å². The molecule has 2 N–H and O–H groups in total. The van der Waals surface area contributed by atoms with Gasteiger partial charge in [-0.2, -0.15) is 0 Å². The second kappa shape index (κ2) is 6.05. The monoisotopic (exact) mass is 309 g/mol. The maximum absolute atomic E-state index is 11.6. The number of ether oxygens (including phenoxy) is 2. The van der Waals surface area contributed by atoms with Crippen LogP contribution in [-0.2, 0) is 11.3 Å². The Labute approximate surface area is 127 Å². The lowest BCUT2D eigenvalue weighted by molar-refractivity contribution is 0.0595. The fraction of sp³-hybridized carbons (Fsp3) is 0.286. The van der Waals surface area contributed by atoms with Gasteiger partial charge in [0, 0.05) is 10.6 Å². The Morgan fingerprint density at radius 3 is 2.76 bits per heavy atom.